The molecule has 0 saturated carbocycles. The van der Waals surface area contributed by atoms with E-state index in [1.165, 1.54) is 0 Å². The number of amides is 3. The highest BCUT2D eigenvalue weighted by Crippen LogP contribution is 2.16. The van der Waals surface area contributed by atoms with Crippen molar-refractivity contribution in [3.8, 4) is 0 Å². The van der Waals surface area contributed by atoms with Crippen molar-refractivity contribution < 1.29 is 9.59 Å². The molecule has 0 unspecified atom stereocenters. The minimum atomic E-state index is -0.226. The number of halogens is 1. The number of nitrogens with one attached hydrogen (secondary N) is 3. The zero-order chi connectivity index (χ0) is 22.4. The van der Waals surface area contributed by atoms with E-state index in [0.29, 0.717) is 25.6 Å². The second-order valence-corrected chi connectivity index (χ2v) is 7.69. The first-order chi connectivity index (χ1) is 14.9. The SMILES string of the molecule is CN=C(NCc1ccc(NC(=O)NC(C)C)cc1)N1CCN(c2cnn(C)c2)C(=O)C1.I. The van der Waals surface area contributed by atoms with E-state index in [4.69, 9.17) is 0 Å². The summed E-state index contributed by atoms with van der Waals surface area (Å²) in [4.78, 5) is 32.4. The number of aliphatic imine (C=N–C) groups is 1. The lowest BCUT2D eigenvalue weighted by Crippen LogP contribution is -2.55. The van der Waals surface area contributed by atoms with Crippen molar-refractivity contribution in [2.75, 3.05) is 36.9 Å². The first-order valence-electron chi connectivity index (χ1n) is 10.3. The number of nitrogens with zero attached hydrogens (tertiary/aromatic N) is 5. The molecule has 32 heavy (non-hydrogen) atoms. The van der Waals surface area contributed by atoms with Crippen LogP contribution in [0.2, 0.25) is 0 Å². The monoisotopic (exact) mass is 554 g/mol. The maximum absolute atomic E-state index is 12.6. The molecule has 3 amide bonds. The smallest absolute Gasteiger partial charge is 0.319 e. The number of rotatable bonds is 5. The number of carbonyl (C=O) groups is 2. The molecule has 1 aromatic heterocycles. The largest absolute Gasteiger partial charge is 0.352 e. The van der Waals surface area contributed by atoms with Crippen LogP contribution in [0.4, 0.5) is 16.2 Å². The number of aromatic nitrogens is 2. The van der Waals surface area contributed by atoms with E-state index >= 15 is 0 Å². The molecular weight excluding hydrogens is 523 g/mol. The topological polar surface area (TPSA) is 107 Å². The highest BCUT2D eigenvalue weighted by molar-refractivity contribution is 14.0. The molecule has 2 heterocycles. The maximum Gasteiger partial charge on any atom is 0.319 e. The molecule has 1 aliphatic heterocycles. The Balaban J connectivity index is 0.00000363. The van der Waals surface area contributed by atoms with Gasteiger partial charge in [0.2, 0.25) is 5.91 Å². The number of urea groups is 1. The van der Waals surface area contributed by atoms with Gasteiger partial charge in [-0.2, -0.15) is 5.10 Å². The molecule has 0 radical (unpaired) electrons. The Hall–Kier alpha value is -2.83. The van der Waals surface area contributed by atoms with Gasteiger partial charge in [0, 0.05) is 51.7 Å². The van der Waals surface area contributed by atoms with Crippen molar-refractivity contribution in [3.63, 3.8) is 0 Å². The molecule has 3 rings (SSSR count). The van der Waals surface area contributed by atoms with Gasteiger partial charge in [-0.15, -0.1) is 24.0 Å². The zero-order valence-electron chi connectivity index (χ0n) is 18.8. The molecule has 2 aromatic rings. The van der Waals surface area contributed by atoms with Crippen LogP contribution in [-0.4, -0.2) is 65.3 Å². The molecule has 0 spiro atoms. The summed E-state index contributed by atoms with van der Waals surface area (Å²) in [6.45, 7) is 5.88. The first kappa shape index (κ1) is 25.4. The average molecular weight is 554 g/mol. The van der Waals surface area contributed by atoms with Crippen LogP contribution in [-0.2, 0) is 18.4 Å². The Morgan fingerprint density at radius 1 is 1.22 bits per heavy atom. The predicted molar refractivity (Wildman–Crippen MR) is 136 cm³/mol. The van der Waals surface area contributed by atoms with Gasteiger partial charge in [-0.3, -0.25) is 14.5 Å². The molecule has 174 valence electrons. The van der Waals surface area contributed by atoms with Crippen LogP contribution in [0, 0.1) is 0 Å². The van der Waals surface area contributed by atoms with Crippen LogP contribution in [0.5, 0.6) is 0 Å². The first-order valence-corrected chi connectivity index (χ1v) is 10.3. The number of guanidine groups is 1. The number of benzene rings is 1. The number of hydrogen-bond acceptors (Lipinski definition) is 4. The van der Waals surface area contributed by atoms with Crippen molar-refractivity contribution in [2.24, 2.45) is 12.0 Å². The highest BCUT2D eigenvalue weighted by atomic mass is 127. The summed E-state index contributed by atoms with van der Waals surface area (Å²) >= 11 is 0. The lowest BCUT2D eigenvalue weighted by molar-refractivity contribution is -0.120. The Labute approximate surface area is 205 Å². The predicted octanol–water partition coefficient (Wildman–Crippen LogP) is 1.99. The Bertz CT molecular complexity index is 942. The standard InChI is InChI=1S/C21H30N8O2.HI/c1-15(2)25-21(31)26-17-7-5-16(6-8-17)11-23-20(22-3)28-9-10-29(19(30)14-28)18-12-24-27(4)13-18;/h5-8,12-13,15H,9-11,14H2,1-4H3,(H,22,23)(H2,25,26,31);1H. The Morgan fingerprint density at radius 3 is 2.50 bits per heavy atom. The fraction of sp³-hybridized carbons (Fsp3) is 0.429. The normalized spacial score (nSPS) is 14.3. The molecule has 1 aliphatic rings. The molecule has 3 N–H and O–H groups in total. The molecule has 11 heteroatoms. The summed E-state index contributed by atoms with van der Waals surface area (Å²) in [7, 11) is 3.54. The van der Waals surface area contributed by atoms with Crippen LogP contribution in [0.3, 0.4) is 0 Å². The van der Waals surface area contributed by atoms with Gasteiger partial charge in [0.05, 0.1) is 11.9 Å². The third-order valence-electron chi connectivity index (χ3n) is 4.82. The lowest BCUT2D eigenvalue weighted by Gasteiger charge is -2.35. The van der Waals surface area contributed by atoms with E-state index in [2.05, 4.69) is 26.0 Å². The Kier molecular flexibility index (Phi) is 9.29. The van der Waals surface area contributed by atoms with Gasteiger partial charge in [-0.25, -0.2) is 4.79 Å². The summed E-state index contributed by atoms with van der Waals surface area (Å²) in [5.74, 6) is 0.690. The molecule has 1 fully saturated rings. The van der Waals surface area contributed by atoms with E-state index in [0.717, 1.165) is 16.9 Å². The molecule has 0 atom stereocenters. The van der Waals surface area contributed by atoms with Crippen LogP contribution in [0.15, 0.2) is 41.7 Å². The van der Waals surface area contributed by atoms with E-state index in [9.17, 15) is 9.59 Å². The molecule has 1 saturated heterocycles. The fourth-order valence-corrected chi connectivity index (χ4v) is 3.32. The van der Waals surface area contributed by atoms with Gasteiger partial charge in [0.25, 0.3) is 0 Å². The van der Waals surface area contributed by atoms with Crippen LogP contribution >= 0.6 is 24.0 Å². The minimum absolute atomic E-state index is 0. The van der Waals surface area contributed by atoms with Gasteiger partial charge in [-0.05, 0) is 31.5 Å². The van der Waals surface area contributed by atoms with Crippen LogP contribution in [0.1, 0.15) is 19.4 Å². The summed E-state index contributed by atoms with van der Waals surface area (Å²) in [6, 6.07) is 7.45. The third kappa shape index (κ3) is 6.84. The summed E-state index contributed by atoms with van der Waals surface area (Å²) in [6.07, 6.45) is 3.54. The highest BCUT2D eigenvalue weighted by Gasteiger charge is 2.27. The molecule has 10 nitrogen and oxygen atoms in total. The van der Waals surface area contributed by atoms with E-state index in [1.54, 1.807) is 22.8 Å². The van der Waals surface area contributed by atoms with E-state index in [-0.39, 0.29) is 48.5 Å². The number of carbonyl (C=O) groups excluding carboxylic acids is 2. The fourth-order valence-electron chi connectivity index (χ4n) is 3.32. The van der Waals surface area contributed by atoms with Crippen molar-refractivity contribution in [1.82, 2.24) is 25.3 Å². The number of aryl methyl sites for hydroxylation is 1. The lowest BCUT2D eigenvalue weighted by atomic mass is 10.2. The van der Waals surface area contributed by atoms with Gasteiger partial charge in [0.1, 0.15) is 6.54 Å². The zero-order valence-corrected chi connectivity index (χ0v) is 21.2. The average Bonchev–Trinajstić information content (AvgIpc) is 3.15. The number of hydrogen-bond donors (Lipinski definition) is 3. The second-order valence-electron chi connectivity index (χ2n) is 7.69. The third-order valence-corrected chi connectivity index (χ3v) is 4.82. The molecule has 0 bridgehead atoms. The van der Waals surface area contributed by atoms with Crippen LogP contribution < -0.4 is 20.9 Å². The van der Waals surface area contributed by atoms with Crippen molar-refractivity contribution in [1.29, 1.82) is 0 Å². The molecular formula is C21H31IN8O2. The minimum Gasteiger partial charge on any atom is -0.352 e. The number of piperazine rings is 1. The van der Waals surface area contributed by atoms with E-state index in [1.807, 2.05) is 56.3 Å². The van der Waals surface area contributed by atoms with Crippen LogP contribution in [0.25, 0.3) is 0 Å². The summed E-state index contributed by atoms with van der Waals surface area (Å²) in [5, 5.41) is 13.0. The van der Waals surface area contributed by atoms with Gasteiger partial charge < -0.3 is 25.8 Å². The van der Waals surface area contributed by atoms with Crippen molar-refractivity contribution in [2.45, 2.75) is 26.4 Å². The molecule has 1 aromatic carbocycles. The second kappa shape index (κ2) is 11.7. The van der Waals surface area contributed by atoms with Gasteiger partial charge >= 0.3 is 6.03 Å². The van der Waals surface area contributed by atoms with Crippen molar-refractivity contribution >= 4 is 53.2 Å². The summed E-state index contributed by atoms with van der Waals surface area (Å²) < 4.78 is 1.69. The van der Waals surface area contributed by atoms with Gasteiger partial charge in [0.15, 0.2) is 5.96 Å². The number of anilines is 2. The quantitative estimate of drug-likeness (QED) is 0.298. The summed E-state index contributed by atoms with van der Waals surface area (Å²) in [5.41, 5.74) is 2.57. The van der Waals surface area contributed by atoms with E-state index < -0.39 is 0 Å². The molecule has 0 aliphatic carbocycles. The van der Waals surface area contributed by atoms with Gasteiger partial charge in [-0.1, -0.05) is 12.1 Å². The van der Waals surface area contributed by atoms with Crippen molar-refractivity contribution in [3.05, 3.63) is 42.2 Å². The Morgan fingerprint density at radius 2 is 1.94 bits per heavy atom. The maximum atomic E-state index is 12.6.